The van der Waals surface area contributed by atoms with E-state index in [9.17, 15) is 4.79 Å². The van der Waals surface area contributed by atoms with Gasteiger partial charge in [-0.3, -0.25) is 10.2 Å². The van der Waals surface area contributed by atoms with E-state index in [2.05, 4.69) is 19.6 Å². The molecule has 4 atom stereocenters. The van der Waals surface area contributed by atoms with E-state index in [1.165, 1.54) is 38.2 Å². The molecule has 130 valence electrons. The number of hydrogen-bond acceptors (Lipinski definition) is 3. The van der Waals surface area contributed by atoms with Crippen molar-refractivity contribution in [1.29, 1.82) is 5.41 Å². The van der Waals surface area contributed by atoms with Crippen LogP contribution in [0, 0.1) is 40.4 Å². The summed E-state index contributed by atoms with van der Waals surface area (Å²) in [5.74, 6) is 3.62. The molecule has 0 saturated heterocycles. The molecule has 0 radical (unpaired) electrons. The van der Waals surface area contributed by atoms with Crippen LogP contribution in [0.4, 0.5) is 0 Å². The highest BCUT2D eigenvalue weighted by molar-refractivity contribution is 5.89. The smallest absolute Gasteiger partial charge is 0.205 e. The topological polar surface area (TPSA) is 50.1 Å². The summed E-state index contributed by atoms with van der Waals surface area (Å²) in [4.78, 5) is 12.3. The van der Waals surface area contributed by atoms with E-state index in [0.717, 1.165) is 30.6 Å². The first-order chi connectivity index (χ1) is 11.6. The van der Waals surface area contributed by atoms with Crippen LogP contribution in [-0.2, 0) is 9.53 Å². The minimum absolute atomic E-state index is 0.00286. The van der Waals surface area contributed by atoms with Gasteiger partial charge in [0.1, 0.15) is 6.61 Å². The first kappa shape index (κ1) is 16.1. The fourth-order valence-electron chi connectivity index (χ4n) is 6.57. The number of carbonyl (C=O) groups excluding carboxylic acids is 1. The molecule has 3 nitrogen and oxygen atoms in total. The quantitative estimate of drug-likeness (QED) is 0.442. The number of ether oxygens (including phenoxy) is 1. The summed E-state index contributed by atoms with van der Waals surface area (Å²) >= 11 is 0. The fourth-order valence-corrected chi connectivity index (χ4v) is 6.57. The second kappa shape index (κ2) is 5.86. The van der Waals surface area contributed by atoms with Crippen molar-refractivity contribution in [3.63, 3.8) is 0 Å². The van der Waals surface area contributed by atoms with E-state index in [4.69, 9.17) is 10.1 Å². The standard InChI is InChI=1S/C21H29NO2/c1-3-20(22)24-12-19(23)15-10-18(11-15)21(4-2)16-6-13-5-14(8-16)9-17(21)7-13/h3,6,14-18,22H,1,4-5,7-12H2,2H3. The van der Waals surface area contributed by atoms with Crippen molar-refractivity contribution in [2.75, 3.05) is 6.61 Å². The number of hydrogen-bond donors (Lipinski definition) is 1. The lowest BCUT2D eigenvalue weighted by Crippen LogP contribution is -2.56. The van der Waals surface area contributed by atoms with Crippen LogP contribution >= 0.6 is 0 Å². The summed E-state index contributed by atoms with van der Waals surface area (Å²) in [6.07, 6.45) is 12.8. The van der Waals surface area contributed by atoms with Crippen LogP contribution in [0.25, 0.3) is 0 Å². The van der Waals surface area contributed by atoms with E-state index in [1.54, 1.807) is 5.57 Å². The molecule has 0 aromatic carbocycles. The van der Waals surface area contributed by atoms with Gasteiger partial charge in [-0.25, -0.2) is 0 Å². The maximum atomic E-state index is 12.3. The molecule has 0 aromatic rings. The van der Waals surface area contributed by atoms with E-state index >= 15 is 0 Å². The zero-order valence-corrected chi connectivity index (χ0v) is 14.7. The molecule has 4 bridgehead atoms. The van der Waals surface area contributed by atoms with Crippen LogP contribution in [0.15, 0.2) is 24.3 Å². The molecule has 0 spiro atoms. The van der Waals surface area contributed by atoms with Gasteiger partial charge in [-0.1, -0.05) is 25.2 Å². The monoisotopic (exact) mass is 327 g/mol. The highest BCUT2D eigenvalue weighted by Crippen LogP contribution is 2.67. The Morgan fingerprint density at radius 1 is 1.33 bits per heavy atom. The zero-order valence-electron chi connectivity index (χ0n) is 14.7. The molecule has 0 amide bonds. The Balaban J connectivity index is 1.41. The van der Waals surface area contributed by atoms with E-state index in [0.29, 0.717) is 11.3 Å². The lowest BCUT2D eigenvalue weighted by Gasteiger charge is -2.63. The lowest BCUT2D eigenvalue weighted by atomic mass is 9.41. The highest BCUT2D eigenvalue weighted by Gasteiger charge is 2.59. The Labute approximate surface area is 145 Å². The van der Waals surface area contributed by atoms with Gasteiger partial charge in [-0.05, 0) is 80.1 Å². The summed E-state index contributed by atoms with van der Waals surface area (Å²) < 4.78 is 5.14. The molecule has 0 aromatic heterocycles. The van der Waals surface area contributed by atoms with E-state index in [-0.39, 0.29) is 24.2 Å². The van der Waals surface area contributed by atoms with Crippen molar-refractivity contribution in [3.05, 3.63) is 24.3 Å². The van der Waals surface area contributed by atoms with Crippen molar-refractivity contribution in [2.45, 2.75) is 51.9 Å². The second-order valence-electron chi connectivity index (χ2n) is 8.53. The average Bonchev–Trinajstić information content (AvgIpc) is 2.53. The van der Waals surface area contributed by atoms with E-state index < -0.39 is 0 Å². The third-order valence-electron chi connectivity index (χ3n) is 7.67. The van der Waals surface area contributed by atoms with Gasteiger partial charge in [0, 0.05) is 5.92 Å². The highest BCUT2D eigenvalue weighted by atomic mass is 16.5. The van der Waals surface area contributed by atoms with Crippen molar-refractivity contribution < 1.29 is 9.53 Å². The number of allylic oxidation sites excluding steroid dienone is 2. The van der Waals surface area contributed by atoms with Crippen molar-refractivity contribution in [2.24, 2.45) is 35.0 Å². The summed E-state index contributed by atoms with van der Waals surface area (Å²) in [7, 11) is 0. The molecule has 4 unspecified atom stereocenters. The minimum atomic E-state index is -0.00286. The van der Waals surface area contributed by atoms with Gasteiger partial charge >= 0.3 is 0 Å². The maximum Gasteiger partial charge on any atom is 0.205 e. The molecule has 3 heteroatoms. The molecular formula is C21H29NO2. The van der Waals surface area contributed by atoms with Crippen molar-refractivity contribution in [3.8, 4) is 0 Å². The Morgan fingerprint density at radius 3 is 2.75 bits per heavy atom. The SMILES string of the molecule is C=CC(=N)OCC(=O)C1CC(C2(CC)C3C=C4CC(C3)CC2C4)C1. The first-order valence-electron chi connectivity index (χ1n) is 9.62. The number of Topliss-reactive ketones (excluding diaryl/α,β-unsaturated/α-hetero) is 1. The van der Waals surface area contributed by atoms with Crippen LogP contribution in [0.5, 0.6) is 0 Å². The number of ketones is 1. The Kier molecular flexibility index (Phi) is 3.93. The summed E-state index contributed by atoms with van der Waals surface area (Å²) in [6.45, 7) is 5.91. The normalized spacial score (nSPS) is 42.2. The van der Waals surface area contributed by atoms with Crippen LogP contribution in [0.2, 0.25) is 0 Å². The van der Waals surface area contributed by atoms with Gasteiger partial charge in [-0.2, -0.15) is 0 Å². The van der Waals surface area contributed by atoms with Gasteiger partial charge in [0.15, 0.2) is 5.78 Å². The van der Waals surface area contributed by atoms with Crippen molar-refractivity contribution in [1.82, 2.24) is 0 Å². The molecule has 3 fully saturated rings. The molecule has 5 aliphatic rings. The molecule has 1 N–H and O–H groups in total. The summed E-state index contributed by atoms with van der Waals surface area (Å²) in [5.41, 5.74) is 2.20. The molecule has 3 saturated carbocycles. The van der Waals surface area contributed by atoms with Crippen molar-refractivity contribution >= 4 is 11.7 Å². The van der Waals surface area contributed by atoms with Gasteiger partial charge in [0.05, 0.1) is 0 Å². The van der Waals surface area contributed by atoms with Crippen LogP contribution in [0.3, 0.4) is 0 Å². The van der Waals surface area contributed by atoms with Crippen LogP contribution in [0.1, 0.15) is 51.9 Å². The summed E-state index contributed by atoms with van der Waals surface area (Å²) in [6, 6.07) is 0. The predicted octanol–water partition coefficient (Wildman–Crippen LogP) is 4.53. The number of carbonyl (C=O) groups is 1. The second-order valence-corrected chi connectivity index (χ2v) is 8.53. The van der Waals surface area contributed by atoms with Gasteiger partial charge in [0.2, 0.25) is 5.90 Å². The molecular weight excluding hydrogens is 298 g/mol. The van der Waals surface area contributed by atoms with Crippen LogP contribution < -0.4 is 0 Å². The molecule has 0 heterocycles. The van der Waals surface area contributed by atoms with E-state index in [1.807, 2.05) is 0 Å². The Bertz CT molecular complexity index is 601. The minimum Gasteiger partial charge on any atom is -0.470 e. The molecule has 5 rings (SSSR count). The molecule has 0 aliphatic heterocycles. The molecule has 5 aliphatic carbocycles. The number of nitrogens with one attached hydrogen (secondary N) is 1. The predicted molar refractivity (Wildman–Crippen MR) is 94.8 cm³/mol. The third kappa shape index (κ3) is 2.31. The van der Waals surface area contributed by atoms with Gasteiger partial charge in [0.25, 0.3) is 0 Å². The molecule has 24 heavy (non-hydrogen) atoms. The van der Waals surface area contributed by atoms with Gasteiger partial charge < -0.3 is 4.74 Å². The first-order valence-corrected chi connectivity index (χ1v) is 9.62. The zero-order chi connectivity index (χ0) is 16.9. The average molecular weight is 327 g/mol. The third-order valence-corrected chi connectivity index (χ3v) is 7.67. The Morgan fingerprint density at radius 2 is 2.12 bits per heavy atom. The summed E-state index contributed by atoms with van der Waals surface area (Å²) in [5, 5.41) is 7.42. The largest absolute Gasteiger partial charge is 0.470 e. The fraction of sp³-hybridized carbons (Fsp3) is 0.714. The maximum absolute atomic E-state index is 12.3. The van der Waals surface area contributed by atoms with Crippen LogP contribution in [-0.4, -0.2) is 18.3 Å². The van der Waals surface area contributed by atoms with Gasteiger partial charge in [-0.15, -0.1) is 0 Å². The lowest BCUT2D eigenvalue weighted by molar-refractivity contribution is -0.141. The number of rotatable bonds is 6. The Hall–Kier alpha value is -1.38.